The number of para-hydroxylation sites is 1. The van der Waals surface area contributed by atoms with Crippen molar-refractivity contribution in [2.75, 3.05) is 0 Å². The van der Waals surface area contributed by atoms with Gasteiger partial charge in [-0.3, -0.25) is 14.6 Å². The highest BCUT2D eigenvalue weighted by Gasteiger charge is 2.50. The van der Waals surface area contributed by atoms with Crippen LogP contribution in [-0.2, 0) is 34.7 Å². The lowest BCUT2D eigenvalue weighted by Gasteiger charge is -2.23. The number of Topliss-reactive ketones (excluding diaryl/α,β-unsaturated/α-hetero) is 1. The van der Waals surface area contributed by atoms with E-state index < -0.39 is 39.0 Å². The average molecular weight is 438 g/mol. The molecule has 0 fully saturated rings. The molecule has 0 saturated heterocycles. The number of nitrogens with zero attached hydrogens (tertiary/aromatic N) is 1. The van der Waals surface area contributed by atoms with Gasteiger partial charge in [-0.15, -0.1) is 0 Å². The number of ketones is 1. The summed E-state index contributed by atoms with van der Waals surface area (Å²) in [6, 6.07) is 16.6. The molecule has 1 atom stereocenters. The van der Waals surface area contributed by atoms with Gasteiger partial charge in [-0.25, -0.2) is 13.1 Å². The summed E-state index contributed by atoms with van der Waals surface area (Å²) in [7, 11) is -4.09. The second-order valence-electron chi connectivity index (χ2n) is 7.05. The maximum absolute atomic E-state index is 13.2. The summed E-state index contributed by atoms with van der Waals surface area (Å²) in [6.07, 6.45) is 1.47. The van der Waals surface area contributed by atoms with E-state index in [1.165, 1.54) is 25.3 Å². The fourth-order valence-corrected chi connectivity index (χ4v) is 4.23. The van der Waals surface area contributed by atoms with E-state index in [0.717, 1.165) is 17.8 Å². The molecule has 1 N–H and O–H groups in total. The fourth-order valence-electron chi connectivity index (χ4n) is 3.22. The Morgan fingerprint density at radius 3 is 2.48 bits per heavy atom. The number of sulfonamides is 1. The Labute approximate surface area is 178 Å². The van der Waals surface area contributed by atoms with Gasteiger partial charge in [0, 0.05) is 24.1 Å². The summed E-state index contributed by atoms with van der Waals surface area (Å²) < 4.78 is 38.6. The molecule has 31 heavy (non-hydrogen) atoms. The molecule has 2 aromatic carbocycles. The number of hydrogen-bond acceptors (Lipinski definition) is 7. The number of carbonyl (C=O) groups is 2. The third-order valence-electron chi connectivity index (χ3n) is 4.82. The van der Waals surface area contributed by atoms with Crippen LogP contribution < -0.4 is 4.72 Å². The normalized spacial score (nSPS) is 18.7. The van der Waals surface area contributed by atoms with Gasteiger partial charge in [0.05, 0.1) is 10.4 Å². The molecular weight excluding hydrogens is 420 g/mol. The van der Waals surface area contributed by atoms with E-state index in [2.05, 4.69) is 9.71 Å². The largest absolute Gasteiger partial charge is 0.456 e. The van der Waals surface area contributed by atoms with Crippen molar-refractivity contribution in [1.29, 1.82) is 0 Å². The lowest BCUT2D eigenvalue weighted by atomic mass is 9.92. The third kappa shape index (κ3) is 3.75. The van der Waals surface area contributed by atoms with Gasteiger partial charge >= 0.3 is 5.97 Å². The first-order valence-electron chi connectivity index (χ1n) is 9.30. The molecule has 0 bridgehead atoms. The smallest absolute Gasteiger partial charge is 0.308 e. The predicted octanol–water partition coefficient (Wildman–Crippen LogP) is 2.76. The summed E-state index contributed by atoms with van der Waals surface area (Å²) in [5.41, 5.74) is -0.538. The first-order chi connectivity index (χ1) is 14.7. The van der Waals surface area contributed by atoms with Gasteiger partial charge in [0.1, 0.15) is 0 Å². The first-order valence-corrected chi connectivity index (χ1v) is 10.8. The zero-order valence-corrected chi connectivity index (χ0v) is 17.5. The Hall–Kier alpha value is -3.72. The molecule has 2 heterocycles. The number of carbonyl (C=O) groups excluding carboxylic acids is 2. The van der Waals surface area contributed by atoms with E-state index in [-0.39, 0.29) is 4.90 Å². The number of benzene rings is 2. The van der Waals surface area contributed by atoms with Gasteiger partial charge in [0.25, 0.3) is 21.7 Å². The van der Waals surface area contributed by atoms with Crippen LogP contribution in [0.4, 0.5) is 0 Å². The Bertz CT molecular complexity index is 1330. The van der Waals surface area contributed by atoms with Gasteiger partial charge < -0.3 is 9.47 Å². The SMILES string of the molecule is CC(=O)OC1=C(NS(=O)(=O)c2ccccc2)OC(C)(c2cnc3ccccc3c2)C1=O. The van der Waals surface area contributed by atoms with Gasteiger partial charge in [-0.1, -0.05) is 36.4 Å². The number of esters is 1. The van der Waals surface area contributed by atoms with Crippen LogP contribution in [0.1, 0.15) is 19.4 Å². The quantitative estimate of drug-likeness (QED) is 0.610. The van der Waals surface area contributed by atoms with Crippen LogP contribution >= 0.6 is 0 Å². The van der Waals surface area contributed by atoms with Crippen LogP contribution in [-0.4, -0.2) is 25.2 Å². The van der Waals surface area contributed by atoms with E-state index in [1.807, 2.05) is 24.3 Å². The molecule has 0 amide bonds. The molecule has 4 rings (SSSR count). The molecule has 0 aliphatic carbocycles. The van der Waals surface area contributed by atoms with Crippen LogP contribution in [0, 0.1) is 0 Å². The summed E-state index contributed by atoms with van der Waals surface area (Å²) in [6.45, 7) is 2.57. The van der Waals surface area contributed by atoms with Crippen molar-refractivity contribution in [2.45, 2.75) is 24.3 Å². The highest BCUT2D eigenvalue weighted by Crippen LogP contribution is 2.39. The van der Waals surface area contributed by atoms with Gasteiger partial charge in [-0.05, 0) is 31.2 Å². The molecule has 0 saturated carbocycles. The Kier molecular flexibility index (Phi) is 4.98. The molecule has 1 unspecified atom stereocenters. The molecule has 0 spiro atoms. The summed E-state index contributed by atoms with van der Waals surface area (Å²) in [4.78, 5) is 29.1. The Morgan fingerprint density at radius 1 is 1.10 bits per heavy atom. The van der Waals surface area contributed by atoms with E-state index in [1.54, 1.807) is 24.3 Å². The number of fused-ring (bicyclic) bond motifs is 1. The second kappa shape index (κ2) is 7.51. The summed E-state index contributed by atoms with van der Waals surface area (Å²) in [5.74, 6) is -2.46. The minimum atomic E-state index is -4.09. The number of rotatable bonds is 5. The number of hydrogen-bond donors (Lipinski definition) is 1. The molecule has 1 aromatic heterocycles. The van der Waals surface area contributed by atoms with E-state index in [0.29, 0.717) is 5.56 Å². The third-order valence-corrected chi connectivity index (χ3v) is 6.17. The van der Waals surface area contributed by atoms with Crippen LogP contribution in [0.5, 0.6) is 0 Å². The maximum Gasteiger partial charge on any atom is 0.308 e. The number of aromatic nitrogens is 1. The van der Waals surface area contributed by atoms with Crippen molar-refractivity contribution < 1.29 is 27.5 Å². The zero-order chi connectivity index (χ0) is 22.2. The minimum Gasteiger partial charge on any atom is -0.456 e. The van der Waals surface area contributed by atoms with Crippen LogP contribution in [0.2, 0.25) is 0 Å². The first kappa shape index (κ1) is 20.5. The van der Waals surface area contributed by atoms with Crippen molar-refractivity contribution in [3.63, 3.8) is 0 Å². The van der Waals surface area contributed by atoms with E-state index in [9.17, 15) is 18.0 Å². The maximum atomic E-state index is 13.2. The van der Waals surface area contributed by atoms with Gasteiger partial charge in [-0.2, -0.15) is 0 Å². The molecule has 1 aliphatic heterocycles. The minimum absolute atomic E-state index is 0.0401. The summed E-state index contributed by atoms with van der Waals surface area (Å²) in [5, 5.41) is 0.768. The summed E-state index contributed by atoms with van der Waals surface area (Å²) >= 11 is 0. The molecule has 8 nitrogen and oxygen atoms in total. The lowest BCUT2D eigenvalue weighted by Crippen LogP contribution is -2.32. The molecule has 9 heteroatoms. The predicted molar refractivity (Wildman–Crippen MR) is 111 cm³/mol. The van der Waals surface area contributed by atoms with Crippen molar-refractivity contribution in [3.05, 3.63) is 84.1 Å². The average Bonchev–Trinajstić information content (AvgIpc) is 2.98. The molecule has 0 radical (unpaired) electrons. The number of pyridine rings is 1. The van der Waals surface area contributed by atoms with Crippen molar-refractivity contribution in [3.8, 4) is 0 Å². The topological polar surface area (TPSA) is 112 Å². The Morgan fingerprint density at radius 2 is 1.77 bits per heavy atom. The van der Waals surface area contributed by atoms with Crippen LogP contribution in [0.15, 0.2) is 83.4 Å². The van der Waals surface area contributed by atoms with E-state index in [4.69, 9.17) is 9.47 Å². The molecule has 1 aliphatic rings. The monoisotopic (exact) mass is 438 g/mol. The van der Waals surface area contributed by atoms with E-state index >= 15 is 0 Å². The van der Waals surface area contributed by atoms with Crippen molar-refractivity contribution >= 4 is 32.7 Å². The molecular formula is C22H18N2O6S. The standard InChI is InChI=1S/C22H18N2O6S/c1-14(25)29-19-20(26)22(2,16-12-15-8-6-7-11-18(15)23-13-16)30-21(19)24-31(27,28)17-9-4-3-5-10-17/h3-13,24H,1-2H3. The van der Waals surface area contributed by atoms with Gasteiger partial charge in [0.2, 0.25) is 11.4 Å². The van der Waals surface area contributed by atoms with Crippen molar-refractivity contribution in [2.24, 2.45) is 0 Å². The lowest BCUT2D eigenvalue weighted by molar-refractivity contribution is -0.142. The molecule has 3 aromatic rings. The number of ether oxygens (including phenoxy) is 2. The second-order valence-corrected chi connectivity index (χ2v) is 8.73. The number of nitrogens with one attached hydrogen (secondary N) is 1. The van der Waals surface area contributed by atoms with Crippen molar-refractivity contribution in [1.82, 2.24) is 9.71 Å². The Balaban J connectivity index is 1.75. The highest BCUT2D eigenvalue weighted by atomic mass is 32.2. The molecule has 158 valence electrons. The van der Waals surface area contributed by atoms with Crippen LogP contribution in [0.25, 0.3) is 10.9 Å². The van der Waals surface area contributed by atoms with Gasteiger partial charge in [0.15, 0.2) is 0 Å². The highest BCUT2D eigenvalue weighted by molar-refractivity contribution is 7.89. The fraction of sp³-hybridized carbons (Fsp3) is 0.136. The van der Waals surface area contributed by atoms with Crippen LogP contribution in [0.3, 0.4) is 0 Å². The zero-order valence-electron chi connectivity index (χ0n) is 16.7.